The first-order valence-electron chi connectivity index (χ1n) is 8.12. The second-order valence-corrected chi connectivity index (χ2v) is 5.24. The smallest absolute Gasteiger partial charge is 0.259 e. The van der Waals surface area contributed by atoms with Crippen molar-refractivity contribution < 1.29 is 19.1 Å². The van der Waals surface area contributed by atoms with Crippen LogP contribution in [0.2, 0.25) is 0 Å². The number of carbonyl (C=O) groups excluding carboxylic acids is 2. The van der Waals surface area contributed by atoms with E-state index in [9.17, 15) is 9.59 Å². The van der Waals surface area contributed by atoms with E-state index in [4.69, 9.17) is 9.47 Å². The van der Waals surface area contributed by atoms with Crippen molar-refractivity contribution in [2.75, 3.05) is 23.8 Å². The number of rotatable bonds is 7. The molecule has 2 aromatic carbocycles. The molecule has 0 saturated carbocycles. The van der Waals surface area contributed by atoms with Crippen molar-refractivity contribution in [1.82, 2.24) is 0 Å². The predicted molar refractivity (Wildman–Crippen MR) is 97.5 cm³/mol. The van der Waals surface area contributed by atoms with Crippen LogP contribution in [-0.2, 0) is 4.79 Å². The summed E-state index contributed by atoms with van der Waals surface area (Å²) >= 11 is 0. The van der Waals surface area contributed by atoms with Crippen LogP contribution in [0, 0.1) is 0 Å². The number of amides is 2. The molecule has 2 N–H and O–H groups in total. The SMILES string of the molecule is CCOc1ccc(C(=O)Nc2cccc(NC(C)=O)c2)c(OCC)c1. The molecule has 25 heavy (non-hydrogen) atoms. The van der Waals surface area contributed by atoms with Crippen molar-refractivity contribution in [3.05, 3.63) is 48.0 Å². The van der Waals surface area contributed by atoms with E-state index < -0.39 is 0 Å². The molecular weight excluding hydrogens is 320 g/mol. The van der Waals surface area contributed by atoms with Crippen LogP contribution in [0.1, 0.15) is 31.1 Å². The molecule has 0 unspecified atom stereocenters. The molecule has 132 valence electrons. The molecule has 2 amide bonds. The van der Waals surface area contributed by atoms with Crippen molar-refractivity contribution in [3.63, 3.8) is 0 Å². The van der Waals surface area contributed by atoms with Crippen LogP contribution < -0.4 is 20.1 Å². The van der Waals surface area contributed by atoms with Crippen molar-refractivity contribution >= 4 is 23.2 Å². The van der Waals surface area contributed by atoms with Gasteiger partial charge >= 0.3 is 0 Å². The molecule has 6 heteroatoms. The number of nitrogens with one attached hydrogen (secondary N) is 2. The maximum absolute atomic E-state index is 12.6. The monoisotopic (exact) mass is 342 g/mol. The van der Waals surface area contributed by atoms with Gasteiger partial charge in [-0.05, 0) is 44.2 Å². The molecule has 0 atom stereocenters. The number of hydrogen-bond donors (Lipinski definition) is 2. The first-order valence-corrected chi connectivity index (χ1v) is 8.12. The molecule has 0 aromatic heterocycles. The summed E-state index contributed by atoms with van der Waals surface area (Å²) in [5, 5.41) is 5.49. The van der Waals surface area contributed by atoms with Crippen LogP contribution in [0.4, 0.5) is 11.4 Å². The van der Waals surface area contributed by atoms with Crippen molar-refractivity contribution in [1.29, 1.82) is 0 Å². The van der Waals surface area contributed by atoms with E-state index >= 15 is 0 Å². The van der Waals surface area contributed by atoms with Crippen LogP contribution in [0.25, 0.3) is 0 Å². The summed E-state index contributed by atoms with van der Waals surface area (Å²) in [7, 11) is 0. The molecule has 0 aliphatic carbocycles. The van der Waals surface area contributed by atoms with Gasteiger partial charge in [0.1, 0.15) is 11.5 Å². The Balaban J connectivity index is 2.21. The zero-order valence-electron chi connectivity index (χ0n) is 14.6. The molecule has 0 radical (unpaired) electrons. The zero-order chi connectivity index (χ0) is 18.2. The Morgan fingerprint density at radius 2 is 1.60 bits per heavy atom. The second-order valence-electron chi connectivity index (χ2n) is 5.24. The van der Waals surface area contributed by atoms with Crippen LogP contribution in [0.15, 0.2) is 42.5 Å². The van der Waals surface area contributed by atoms with E-state index in [0.717, 1.165) is 0 Å². The summed E-state index contributed by atoms with van der Waals surface area (Å²) in [6, 6.07) is 12.0. The van der Waals surface area contributed by atoms with Crippen LogP contribution >= 0.6 is 0 Å². The standard InChI is InChI=1S/C19H22N2O4/c1-4-24-16-9-10-17(18(12-16)25-5-2)19(23)21-15-8-6-7-14(11-15)20-13(3)22/h6-12H,4-5H2,1-3H3,(H,20,22)(H,21,23). The molecule has 6 nitrogen and oxygen atoms in total. The second kappa shape index (κ2) is 8.73. The van der Waals surface area contributed by atoms with Crippen molar-refractivity contribution in [3.8, 4) is 11.5 Å². The normalized spacial score (nSPS) is 10.0. The molecule has 0 aliphatic rings. The quantitative estimate of drug-likeness (QED) is 0.804. The summed E-state index contributed by atoms with van der Waals surface area (Å²) in [4.78, 5) is 23.7. The van der Waals surface area contributed by atoms with Gasteiger partial charge < -0.3 is 20.1 Å². The van der Waals surface area contributed by atoms with E-state index in [1.165, 1.54) is 6.92 Å². The van der Waals surface area contributed by atoms with E-state index in [1.807, 2.05) is 13.8 Å². The Labute approximate surface area is 147 Å². The first kappa shape index (κ1) is 18.3. The zero-order valence-corrected chi connectivity index (χ0v) is 14.6. The maximum atomic E-state index is 12.6. The summed E-state index contributed by atoms with van der Waals surface area (Å²) in [6.07, 6.45) is 0. The van der Waals surface area contributed by atoms with Gasteiger partial charge in [0.15, 0.2) is 0 Å². The Morgan fingerprint density at radius 1 is 0.920 bits per heavy atom. The summed E-state index contributed by atoms with van der Waals surface area (Å²) < 4.78 is 11.0. The van der Waals surface area contributed by atoms with Gasteiger partial charge in [0.2, 0.25) is 5.91 Å². The molecule has 0 fully saturated rings. The third-order valence-corrected chi connectivity index (χ3v) is 3.25. The Bertz CT molecular complexity index is 759. The van der Waals surface area contributed by atoms with Gasteiger partial charge in [-0.3, -0.25) is 9.59 Å². The Hall–Kier alpha value is -3.02. The largest absolute Gasteiger partial charge is 0.494 e. The average Bonchev–Trinajstić information content (AvgIpc) is 2.55. The van der Waals surface area contributed by atoms with Crippen LogP contribution in [0.3, 0.4) is 0 Å². The number of carbonyl (C=O) groups is 2. The fourth-order valence-electron chi connectivity index (χ4n) is 2.30. The van der Waals surface area contributed by atoms with Gasteiger partial charge in [-0.1, -0.05) is 6.07 Å². The molecule has 0 bridgehead atoms. The topological polar surface area (TPSA) is 76.7 Å². The highest BCUT2D eigenvalue weighted by atomic mass is 16.5. The lowest BCUT2D eigenvalue weighted by atomic mass is 10.1. The lowest BCUT2D eigenvalue weighted by Crippen LogP contribution is -2.14. The highest BCUT2D eigenvalue weighted by Crippen LogP contribution is 2.26. The van der Waals surface area contributed by atoms with E-state index in [0.29, 0.717) is 41.7 Å². The highest BCUT2D eigenvalue weighted by molar-refractivity contribution is 6.06. The molecule has 0 saturated heterocycles. The third kappa shape index (κ3) is 5.24. The minimum Gasteiger partial charge on any atom is -0.494 e. The molecule has 0 heterocycles. The Morgan fingerprint density at radius 3 is 2.24 bits per heavy atom. The van der Waals surface area contributed by atoms with Gasteiger partial charge in [-0.2, -0.15) is 0 Å². The van der Waals surface area contributed by atoms with E-state index in [2.05, 4.69) is 10.6 Å². The van der Waals surface area contributed by atoms with E-state index in [-0.39, 0.29) is 11.8 Å². The molecule has 2 rings (SSSR count). The van der Waals surface area contributed by atoms with Gasteiger partial charge in [0, 0.05) is 24.4 Å². The molecule has 2 aromatic rings. The van der Waals surface area contributed by atoms with Gasteiger partial charge in [-0.15, -0.1) is 0 Å². The first-order chi connectivity index (χ1) is 12.0. The lowest BCUT2D eigenvalue weighted by Gasteiger charge is -2.13. The van der Waals surface area contributed by atoms with Gasteiger partial charge in [0.05, 0.1) is 18.8 Å². The summed E-state index contributed by atoms with van der Waals surface area (Å²) in [6.45, 7) is 6.15. The summed E-state index contributed by atoms with van der Waals surface area (Å²) in [5.41, 5.74) is 1.60. The van der Waals surface area contributed by atoms with Crippen LogP contribution in [-0.4, -0.2) is 25.0 Å². The fourth-order valence-corrected chi connectivity index (χ4v) is 2.30. The third-order valence-electron chi connectivity index (χ3n) is 3.25. The van der Waals surface area contributed by atoms with Crippen molar-refractivity contribution in [2.45, 2.75) is 20.8 Å². The summed E-state index contributed by atoms with van der Waals surface area (Å²) in [5.74, 6) is 0.638. The lowest BCUT2D eigenvalue weighted by molar-refractivity contribution is -0.114. The van der Waals surface area contributed by atoms with Gasteiger partial charge in [0.25, 0.3) is 5.91 Å². The van der Waals surface area contributed by atoms with Crippen molar-refractivity contribution in [2.24, 2.45) is 0 Å². The maximum Gasteiger partial charge on any atom is 0.259 e. The van der Waals surface area contributed by atoms with E-state index in [1.54, 1.807) is 42.5 Å². The van der Waals surface area contributed by atoms with Crippen LogP contribution in [0.5, 0.6) is 11.5 Å². The minimum absolute atomic E-state index is 0.173. The number of hydrogen-bond acceptors (Lipinski definition) is 4. The molecule has 0 aliphatic heterocycles. The predicted octanol–water partition coefficient (Wildman–Crippen LogP) is 3.69. The highest BCUT2D eigenvalue weighted by Gasteiger charge is 2.14. The molecular formula is C19H22N2O4. The number of ether oxygens (including phenoxy) is 2. The molecule has 0 spiro atoms. The Kier molecular flexibility index (Phi) is 6.39. The number of benzene rings is 2. The fraction of sp³-hybridized carbons (Fsp3) is 0.263. The average molecular weight is 342 g/mol. The minimum atomic E-state index is -0.300. The van der Waals surface area contributed by atoms with Gasteiger partial charge in [-0.25, -0.2) is 0 Å². The number of anilines is 2.